The second-order valence-electron chi connectivity index (χ2n) is 5.83. The second kappa shape index (κ2) is 7.74. The molecule has 4 heteroatoms. The van der Waals surface area contributed by atoms with Gasteiger partial charge in [0.2, 0.25) is 5.91 Å². The topological polar surface area (TPSA) is 49.6 Å². The molecule has 0 spiro atoms. The van der Waals surface area contributed by atoms with Gasteiger partial charge in [0.25, 0.3) is 0 Å². The molecule has 18 heavy (non-hydrogen) atoms. The van der Waals surface area contributed by atoms with Crippen LogP contribution in [0.1, 0.15) is 33.6 Å². The van der Waals surface area contributed by atoms with Crippen LogP contribution in [-0.4, -0.2) is 55.0 Å². The predicted molar refractivity (Wildman–Crippen MR) is 75.3 cm³/mol. The highest BCUT2D eigenvalue weighted by molar-refractivity contribution is 5.78. The lowest BCUT2D eigenvalue weighted by Gasteiger charge is -2.36. The normalized spacial score (nSPS) is 19.3. The summed E-state index contributed by atoms with van der Waals surface area (Å²) in [7, 11) is 0. The highest BCUT2D eigenvalue weighted by atomic mass is 16.2. The maximum atomic E-state index is 12.1. The van der Waals surface area contributed by atoms with E-state index in [-0.39, 0.29) is 11.8 Å². The maximum Gasteiger partial charge on any atom is 0.225 e. The molecule has 0 radical (unpaired) electrons. The number of nitrogens with two attached hydrogens (primary N) is 1. The van der Waals surface area contributed by atoms with Crippen LogP contribution in [0.4, 0.5) is 0 Å². The summed E-state index contributed by atoms with van der Waals surface area (Å²) in [6.45, 7) is 12.1. The third kappa shape index (κ3) is 4.94. The van der Waals surface area contributed by atoms with Crippen molar-refractivity contribution in [1.82, 2.24) is 9.80 Å². The molecule has 1 heterocycles. The van der Waals surface area contributed by atoms with Crippen molar-refractivity contribution in [3.8, 4) is 0 Å². The van der Waals surface area contributed by atoms with Crippen LogP contribution in [0.2, 0.25) is 0 Å². The lowest BCUT2D eigenvalue weighted by molar-refractivity contribution is -0.136. The van der Waals surface area contributed by atoms with E-state index in [0.717, 1.165) is 45.1 Å². The van der Waals surface area contributed by atoms with E-state index in [0.29, 0.717) is 6.54 Å². The zero-order valence-corrected chi connectivity index (χ0v) is 12.2. The molecule has 0 aromatic rings. The van der Waals surface area contributed by atoms with E-state index in [4.69, 9.17) is 5.73 Å². The number of hydrogen-bond acceptors (Lipinski definition) is 3. The summed E-state index contributed by atoms with van der Waals surface area (Å²) in [5.41, 5.74) is 5.51. The largest absolute Gasteiger partial charge is 0.340 e. The standard InChI is InChI=1S/C14H29N3O/c1-12(2)5-7-16-8-10-17(11-9-16)14(18)13(3)4-6-15/h12-13H,4-11,15H2,1-3H3. The van der Waals surface area contributed by atoms with Gasteiger partial charge in [-0.3, -0.25) is 9.69 Å². The van der Waals surface area contributed by atoms with Crippen molar-refractivity contribution < 1.29 is 4.79 Å². The van der Waals surface area contributed by atoms with E-state index in [9.17, 15) is 4.79 Å². The number of carbonyl (C=O) groups is 1. The summed E-state index contributed by atoms with van der Waals surface area (Å²) in [4.78, 5) is 16.6. The third-order valence-electron chi connectivity index (χ3n) is 3.73. The molecule has 1 amide bonds. The van der Waals surface area contributed by atoms with Gasteiger partial charge < -0.3 is 10.6 Å². The lowest BCUT2D eigenvalue weighted by atomic mass is 10.1. The van der Waals surface area contributed by atoms with Gasteiger partial charge in [0.15, 0.2) is 0 Å². The molecule has 0 bridgehead atoms. The van der Waals surface area contributed by atoms with Gasteiger partial charge in [-0.2, -0.15) is 0 Å². The molecule has 0 aliphatic carbocycles. The van der Waals surface area contributed by atoms with Crippen molar-refractivity contribution >= 4 is 5.91 Å². The van der Waals surface area contributed by atoms with Crippen LogP contribution < -0.4 is 5.73 Å². The molecular formula is C14H29N3O. The molecule has 4 nitrogen and oxygen atoms in total. The average Bonchev–Trinajstić information content (AvgIpc) is 2.36. The molecule has 2 N–H and O–H groups in total. The summed E-state index contributed by atoms with van der Waals surface area (Å²) in [6.07, 6.45) is 2.05. The molecule has 0 aromatic heterocycles. The zero-order valence-electron chi connectivity index (χ0n) is 12.2. The highest BCUT2D eigenvalue weighted by Gasteiger charge is 2.24. The van der Waals surface area contributed by atoms with Crippen molar-refractivity contribution in [2.75, 3.05) is 39.3 Å². The fourth-order valence-electron chi connectivity index (χ4n) is 2.32. The molecule has 1 aliphatic rings. The molecule has 0 saturated carbocycles. The van der Waals surface area contributed by atoms with Gasteiger partial charge in [-0.05, 0) is 31.8 Å². The van der Waals surface area contributed by atoms with Gasteiger partial charge in [-0.1, -0.05) is 20.8 Å². The number of carbonyl (C=O) groups excluding carboxylic acids is 1. The first-order valence-corrected chi connectivity index (χ1v) is 7.25. The molecule has 1 aliphatic heterocycles. The first kappa shape index (κ1) is 15.4. The number of piperazine rings is 1. The smallest absolute Gasteiger partial charge is 0.225 e. The monoisotopic (exact) mass is 255 g/mol. The summed E-state index contributed by atoms with van der Waals surface area (Å²) in [5.74, 6) is 1.12. The van der Waals surface area contributed by atoms with E-state index >= 15 is 0 Å². The van der Waals surface area contributed by atoms with Crippen molar-refractivity contribution in [2.24, 2.45) is 17.6 Å². The van der Waals surface area contributed by atoms with Gasteiger partial charge in [-0.15, -0.1) is 0 Å². The van der Waals surface area contributed by atoms with Crippen molar-refractivity contribution in [3.05, 3.63) is 0 Å². The van der Waals surface area contributed by atoms with Crippen molar-refractivity contribution in [1.29, 1.82) is 0 Å². The van der Waals surface area contributed by atoms with E-state index in [1.54, 1.807) is 0 Å². The molecular weight excluding hydrogens is 226 g/mol. The van der Waals surface area contributed by atoms with Gasteiger partial charge in [0.05, 0.1) is 0 Å². The van der Waals surface area contributed by atoms with E-state index in [1.807, 2.05) is 11.8 Å². The van der Waals surface area contributed by atoms with E-state index in [2.05, 4.69) is 18.7 Å². The van der Waals surface area contributed by atoms with Crippen LogP contribution in [0, 0.1) is 11.8 Å². The molecule has 106 valence electrons. The van der Waals surface area contributed by atoms with Crippen LogP contribution in [-0.2, 0) is 4.79 Å². The average molecular weight is 255 g/mol. The van der Waals surface area contributed by atoms with Crippen molar-refractivity contribution in [3.63, 3.8) is 0 Å². The minimum Gasteiger partial charge on any atom is -0.340 e. The Morgan fingerprint density at radius 2 is 1.72 bits per heavy atom. The second-order valence-corrected chi connectivity index (χ2v) is 5.83. The fourth-order valence-corrected chi connectivity index (χ4v) is 2.32. The Kier molecular flexibility index (Phi) is 6.65. The zero-order chi connectivity index (χ0) is 13.5. The molecule has 1 atom stereocenters. The molecule has 1 rings (SSSR count). The minimum atomic E-state index is 0.0808. The lowest BCUT2D eigenvalue weighted by Crippen LogP contribution is -2.50. The third-order valence-corrected chi connectivity index (χ3v) is 3.73. The van der Waals surface area contributed by atoms with Gasteiger partial charge >= 0.3 is 0 Å². The molecule has 1 unspecified atom stereocenters. The SMILES string of the molecule is CC(C)CCN1CCN(C(=O)C(C)CCN)CC1. The maximum absolute atomic E-state index is 12.1. The molecule has 0 aromatic carbocycles. The quantitative estimate of drug-likeness (QED) is 0.775. The van der Waals surface area contributed by atoms with Gasteiger partial charge in [0.1, 0.15) is 0 Å². The van der Waals surface area contributed by atoms with E-state index < -0.39 is 0 Å². The van der Waals surface area contributed by atoms with Gasteiger partial charge in [0, 0.05) is 32.1 Å². The Morgan fingerprint density at radius 3 is 2.22 bits per heavy atom. The van der Waals surface area contributed by atoms with Crippen LogP contribution in [0.25, 0.3) is 0 Å². The van der Waals surface area contributed by atoms with Crippen LogP contribution in [0.3, 0.4) is 0 Å². The number of amides is 1. The number of nitrogens with zero attached hydrogens (tertiary/aromatic N) is 2. The highest BCUT2D eigenvalue weighted by Crippen LogP contribution is 2.11. The Hall–Kier alpha value is -0.610. The van der Waals surface area contributed by atoms with Crippen LogP contribution in [0.15, 0.2) is 0 Å². The first-order valence-electron chi connectivity index (χ1n) is 7.25. The van der Waals surface area contributed by atoms with Crippen LogP contribution in [0.5, 0.6) is 0 Å². The fraction of sp³-hybridized carbons (Fsp3) is 0.929. The number of hydrogen-bond donors (Lipinski definition) is 1. The Labute approximate surface area is 111 Å². The minimum absolute atomic E-state index is 0.0808. The summed E-state index contributed by atoms with van der Waals surface area (Å²) in [5, 5.41) is 0. The summed E-state index contributed by atoms with van der Waals surface area (Å²) < 4.78 is 0. The summed E-state index contributed by atoms with van der Waals surface area (Å²) >= 11 is 0. The Morgan fingerprint density at radius 1 is 1.11 bits per heavy atom. The first-order chi connectivity index (χ1) is 8.54. The van der Waals surface area contributed by atoms with Crippen molar-refractivity contribution in [2.45, 2.75) is 33.6 Å². The molecule has 1 saturated heterocycles. The predicted octanol–water partition coefficient (Wildman–Crippen LogP) is 1.16. The Bertz CT molecular complexity index is 247. The molecule has 1 fully saturated rings. The van der Waals surface area contributed by atoms with Crippen LogP contribution >= 0.6 is 0 Å². The Balaban J connectivity index is 2.28. The van der Waals surface area contributed by atoms with E-state index in [1.165, 1.54) is 6.42 Å². The number of rotatable bonds is 6. The summed E-state index contributed by atoms with van der Waals surface area (Å²) in [6, 6.07) is 0. The van der Waals surface area contributed by atoms with Gasteiger partial charge in [-0.25, -0.2) is 0 Å².